The monoisotopic (exact) mass is 436 g/mol. The Kier molecular flexibility index (Phi) is 4.33. The van der Waals surface area contributed by atoms with Crippen LogP contribution in [0.1, 0.15) is 66.2 Å². The lowest BCUT2D eigenvalue weighted by molar-refractivity contribution is -0.288. The topological polar surface area (TPSA) is 97.4 Å². The van der Waals surface area contributed by atoms with Gasteiger partial charge in [-0.2, -0.15) is 0 Å². The summed E-state index contributed by atoms with van der Waals surface area (Å²) in [6.45, 7) is 7.32. The van der Waals surface area contributed by atoms with Crippen molar-refractivity contribution in [2.75, 3.05) is 13.7 Å². The summed E-state index contributed by atoms with van der Waals surface area (Å²) in [4.78, 5) is 39.1. The fraction of sp³-hybridized carbons (Fsp3) is 0.870. The predicted octanol–water partition coefficient (Wildman–Crippen LogP) is 2.31. The molecule has 3 heterocycles. The first-order chi connectivity index (χ1) is 14.5. The van der Waals surface area contributed by atoms with Gasteiger partial charge >= 0.3 is 11.9 Å². The lowest BCUT2D eigenvalue weighted by Crippen LogP contribution is -2.77. The number of ketones is 1. The SMILES string of the molecule is COC1CC2(CCC3(O2)C(C)(OC(C)=O)C(=O)C2OC(=O)C4(C)CCCC3(C)C24)CO1. The molecule has 0 amide bonds. The van der Waals surface area contributed by atoms with Crippen LogP contribution in [0.5, 0.6) is 0 Å². The number of carbonyl (C=O) groups is 3. The van der Waals surface area contributed by atoms with Crippen LogP contribution in [0.15, 0.2) is 0 Å². The van der Waals surface area contributed by atoms with E-state index in [1.807, 2.05) is 6.92 Å². The van der Waals surface area contributed by atoms with Crippen LogP contribution < -0.4 is 0 Å². The molecule has 8 nitrogen and oxygen atoms in total. The van der Waals surface area contributed by atoms with E-state index in [2.05, 4.69) is 6.92 Å². The number of hydrogen-bond donors (Lipinski definition) is 0. The van der Waals surface area contributed by atoms with Gasteiger partial charge in [-0.25, -0.2) is 0 Å². The Hall–Kier alpha value is -1.51. The molecule has 0 aromatic carbocycles. The number of rotatable bonds is 2. The number of ether oxygens (including phenoxy) is 5. The summed E-state index contributed by atoms with van der Waals surface area (Å²) in [5.74, 6) is -1.58. The van der Waals surface area contributed by atoms with Crippen LogP contribution in [0.25, 0.3) is 0 Å². The van der Waals surface area contributed by atoms with Gasteiger partial charge in [0.2, 0.25) is 5.78 Å². The number of fused-ring (bicyclic) bond motifs is 1. The molecule has 2 spiro atoms. The molecule has 172 valence electrons. The first-order valence-corrected chi connectivity index (χ1v) is 11.3. The van der Waals surface area contributed by atoms with Crippen LogP contribution in [0.2, 0.25) is 0 Å². The van der Waals surface area contributed by atoms with Crippen molar-refractivity contribution in [3.8, 4) is 0 Å². The number of hydrogen-bond acceptors (Lipinski definition) is 8. The van der Waals surface area contributed by atoms with Crippen molar-refractivity contribution < 1.29 is 38.1 Å². The average molecular weight is 437 g/mol. The van der Waals surface area contributed by atoms with Gasteiger partial charge in [0.25, 0.3) is 0 Å². The molecule has 0 aromatic heterocycles. The number of Topliss-reactive ketones (excluding diaryl/α,β-unsaturated/α-hetero) is 1. The molecule has 3 saturated heterocycles. The predicted molar refractivity (Wildman–Crippen MR) is 106 cm³/mol. The summed E-state index contributed by atoms with van der Waals surface area (Å²) in [5.41, 5.74) is -4.60. The number of carbonyl (C=O) groups excluding carboxylic acids is 3. The van der Waals surface area contributed by atoms with Crippen molar-refractivity contribution >= 4 is 17.7 Å². The van der Waals surface area contributed by atoms with Gasteiger partial charge < -0.3 is 23.7 Å². The van der Waals surface area contributed by atoms with Crippen molar-refractivity contribution in [2.45, 2.75) is 95.4 Å². The molecule has 2 aliphatic carbocycles. The van der Waals surface area contributed by atoms with E-state index in [1.165, 1.54) is 6.92 Å². The molecule has 8 atom stereocenters. The van der Waals surface area contributed by atoms with Crippen LogP contribution in [-0.2, 0) is 38.1 Å². The Labute approximate surface area is 182 Å². The van der Waals surface area contributed by atoms with Crippen LogP contribution in [0.4, 0.5) is 0 Å². The third kappa shape index (κ3) is 2.39. The van der Waals surface area contributed by atoms with E-state index in [1.54, 1.807) is 14.0 Å². The Bertz CT molecular complexity index is 857. The maximum atomic E-state index is 13.9. The van der Waals surface area contributed by atoms with Gasteiger partial charge in [-0.3, -0.25) is 14.4 Å². The van der Waals surface area contributed by atoms with E-state index in [9.17, 15) is 14.4 Å². The summed E-state index contributed by atoms with van der Waals surface area (Å²) in [6.07, 6.45) is 2.69. The first kappa shape index (κ1) is 21.3. The summed E-state index contributed by atoms with van der Waals surface area (Å²) < 4.78 is 29.7. The quantitative estimate of drug-likeness (QED) is 0.609. The fourth-order valence-electron chi connectivity index (χ4n) is 7.82. The minimum atomic E-state index is -1.56. The fourth-order valence-corrected chi connectivity index (χ4v) is 7.82. The highest BCUT2D eigenvalue weighted by atomic mass is 16.7. The molecule has 0 aromatic rings. The van der Waals surface area contributed by atoms with Crippen molar-refractivity contribution in [2.24, 2.45) is 16.7 Å². The molecular formula is C23H32O8. The summed E-state index contributed by atoms with van der Waals surface area (Å²) in [6, 6.07) is 0. The highest BCUT2D eigenvalue weighted by Crippen LogP contribution is 2.71. The summed E-state index contributed by atoms with van der Waals surface area (Å²) in [5, 5.41) is 0. The Morgan fingerprint density at radius 3 is 2.48 bits per heavy atom. The second-order valence-electron chi connectivity index (χ2n) is 10.8. The zero-order valence-corrected chi connectivity index (χ0v) is 18.9. The Morgan fingerprint density at radius 2 is 1.84 bits per heavy atom. The van der Waals surface area contributed by atoms with Gasteiger partial charge in [0.15, 0.2) is 18.0 Å². The molecule has 2 saturated carbocycles. The third-order valence-electron chi connectivity index (χ3n) is 9.20. The molecular weight excluding hydrogens is 404 g/mol. The van der Waals surface area contributed by atoms with Crippen LogP contribution >= 0.6 is 0 Å². The van der Waals surface area contributed by atoms with Gasteiger partial charge in [0.1, 0.15) is 5.60 Å². The normalized spacial score (nSPS) is 53.1. The number of methoxy groups -OCH3 is 1. The molecule has 8 unspecified atom stereocenters. The van der Waals surface area contributed by atoms with Gasteiger partial charge in [0.05, 0.1) is 17.6 Å². The van der Waals surface area contributed by atoms with E-state index >= 15 is 0 Å². The van der Waals surface area contributed by atoms with E-state index in [-0.39, 0.29) is 24.0 Å². The van der Waals surface area contributed by atoms with Crippen LogP contribution in [0.3, 0.4) is 0 Å². The highest BCUT2D eigenvalue weighted by Gasteiger charge is 2.82. The maximum absolute atomic E-state index is 13.9. The Balaban J connectivity index is 1.68. The number of esters is 2. The van der Waals surface area contributed by atoms with Gasteiger partial charge in [-0.15, -0.1) is 0 Å². The van der Waals surface area contributed by atoms with Gasteiger partial charge in [-0.05, 0) is 39.5 Å². The second kappa shape index (κ2) is 6.29. The van der Waals surface area contributed by atoms with E-state index in [4.69, 9.17) is 23.7 Å². The lowest BCUT2D eigenvalue weighted by Gasteiger charge is -2.64. The van der Waals surface area contributed by atoms with Crippen LogP contribution in [0, 0.1) is 16.7 Å². The van der Waals surface area contributed by atoms with Crippen molar-refractivity contribution in [1.29, 1.82) is 0 Å². The molecule has 8 heteroatoms. The molecule has 3 aliphatic heterocycles. The van der Waals surface area contributed by atoms with Crippen molar-refractivity contribution in [3.05, 3.63) is 0 Å². The average Bonchev–Trinajstić information content (AvgIpc) is 3.36. The van der Waals surface area contributed by atoms with E-state index in [0.717, 1.165) is 12.8 Å². The zero-order chi connectivity index (χ0) is 22.4. The standard InChI is InChI=1S/C23H32O8/c1-13(24)30-21(4)17(25)15-16-19(2,18(26)29-15)7-6-8-20(16,3)23(21)10-9-22(31-23)11-14(27-5)28-12-22/h14-16H,6-12H2,1-5H3. The third-order valence-corrected chi connectivity index (χ3v) is 9.20. The molecule has 5 fully saturated rings. The molecule has 5 rings (SSSR count). The Morgan fingerprint density at radius 1 is 1.10 bits per heavy atom. The van der Waals surface area contributed by atoms with E-state index < -0.39 is 39.7 Å². The summed E-state index contributed by atoms with van der Waals surface area (Å²) in [7, 11) is 1.60. The molecule has 0 N–H and O–H groups in total. The minimum Gasteiger partial charge on any atom is -0.453 e. The van der Waals surface area contributed by atoms with Crippen molar-refractivity contribution in [3.63, 3.8) is 0 Å². The van der Waals surface area contributed by atoms with Crippen LogP contribution in [-0.4, -0.2) is 60.6 Å². The molecule has 5 aliphatic rings. The summed E-state index contributed by atoms with van der Waals surface area (Å²) >= 11 is 0. The van der Waals surface area contributed by atoms with Gasteiger partial charge in [0, 0.05) is 31.8 Å². The van der Waals surface area contributed by atoms with Crippen molar-refractivity contribution in [1.82, 2.24) is 0 Å². The molecule has 31 heavy (non-hydrogen) atoms. The smallest absolute Gasteiger partial charge is 0.312 e. The maximum Gasteiger partial charge on any atom is 0.312 e. The first-order valence-electron chi connectivity index (χ1n) is 11.3. The van der Waals surface area contributed by atoms with Gasteiger partial charge in [-0.1, -0.05) is 13.3 Å². The zero-order valence-electron chi connectivity index (χ0n) is 18.9. The second-order valence-corrected chi connectivity index (χ2v) is 10.8. The molecule has 0 bridgehead atoms. The molecule has 0 radical (unpaired) electrons. The highest BCUT2D eigenvalue weighted by molar-refractivity contribution is 6.00. The largest absolute Gasteiger partial charge is 0.453 e. The lowest BCUT2D eigenvalue weighted by atomic mass is 9.42. The minimum absolute atomic E-state index is 0.326. The van der Waals surface area contributed by atoms with E-state index in [0.29, 0.717) is 32.3 Å².